The number of rotatable bonds is 3. The van der Waals surface area contributed by atoms with E-state index in [9.17, 15) is 8.42 Å². The summed E-state index contributed by atoms with van der Waals surface area (Å²) < 4.78 is 29.6. The summed E-state index contributed by atoms with van der Waals surface area (Å²) in [7, 11) is -4.02. The average Bonchev–Trinajstić information content (AvgIpc) is 2.50. The van der Waals surface area contributed by atoms with Crippen LogP contribution in [0.25, 0.3) is 0 Å². The molecule has 0 aliphatic carbocycles. The lowest BCUT2D eigenvalue weighted by molar-refractivity contribution is 0.318. The third kappa shape index (κ3) is 5.63. The summed E-state index contributed by atoms with van der Waals surface area (Å²) in [5, 5.41) is 11.7. The van der Waals surface area contributed by atoms with Crippen LogP contribution in [0.5, 0.6) is 0 Å². The van der Waals surface area contributed by atoms with E-state index >= 15 is 0 Å². The molecule has 0 amide bonds. The summed E-state index contributed by atoms with van der Waals surface area (Å²) in [5.74, 6) is 0. The molecule has 0 aliphatic heterocycles. The number of hydrogen-bond acceptors (Lipinski definition) is 5. The second-order valence-corrected chi connectivity index (χ2v) is 5.85. The minimum absolute atomic E-state index is 0.0666. The zero-order chi connectivity index (χ0) is 16.6. The van der Waals surface area contributed by atoms with Gasteiger partial charge < -0.3 is 5.21 Å². The Labute approximate surface area is 129 Å². The van der Waals surface area contributed by atoms with Crippen molar-refractivity contribution < 1.29 is 18.2 Å². The van der Waals surface area contributed by atoms with Gasteiger partial charge in [0.2, 0.25) is 0 Å². The highest BCUT2D eigenvalue weighted by molar-refractivity contribution is 7.85. The van der Waals surface area contributed by atoms with Crippen molar-refractivity contribution in [3.8, 4) is 0 Å². The van der Waals surface area contributed by atoms with Gasteiger partial charge in [-0.2, -0.15) is 8.42 Å². The summed E-state index contributed by atoms with van der Waals surface area (Å²) >= 11 is 0. The Balaban J connectivity index is 0.000000220. The summed E-state index contributed by atoms with van der Waals surface area (Å²) in [4.78, 5) is 3.79. The maximum Gasteiger partial charge on any atom is 0.294 e. The van der Waals surface area contributed by atoms with Crippen LogP contribution in [-0.4, -0.2) is 28.9 Å². The number of benzene rings is 1. The van der Waals surface area contributed by atoms with Gasteiger partial charge in [-0.05, 0) is 37.6 Å². The van der Waals surface area contributed by atoms with Crippen molar-refractivity contribution in [2.45, 2.75) is 25.2 Å². The van der Waals surface area contributed by atoms with Crippen molar-refractivity contribution in [2.24, 2.45) is 5.16 Å². The van der Waals surface area contributed by atoms with Crippen molar-refractivity contribution in [3.63, 3.8) is 0 Å². The van der Waals surface area contributed by atoms with E-state index in [2.05, 4.69) is 10.1 Å². The molecule has 0 atom stereocenters. The minimum atomic E-state index is -4.02. The van der Waals surface area contributed by atoms with Gasteiger partial charge in [0.05, 0.1) is 10.6 Å². The Hall–Kier alpha value is -2.25. The standard InChI is InChI=1S/C8H10N2O.C7H8O3S/c1-2-8(10-11)7-3-5-9-6-4-7;1-6-2-4-7(5-3-6)11(8,9)10/h3-6,11H,2H2,1H3;2-5H,1H3,(H,8,9,10). The van der Waals surface area contributed by atoms with Gasteiger partial charge >= 0.3 is 0 Å². The topological polar surface area (TPSA) is 99.9 Å². The predicted octanol–water partition coefficient (Wildman–Crippen LogP) is 2.91. The molecule has 0 bridgehead atoms. The molecule has 22 heavy (non-hydrogen) atoms. The van der Waals surface area contributed by atoms with Crippen molar-refractivity contribution in [1.82, 2.24) is 4.98 Å². The van der Waals surface area contributed by atoms with Gasteiger partial charge in [-0.1, -0.05) is 29.8 Å². The van der Waals surface area contributed by atoms with Gasteiger partial charge in [0.1, 0.15) is 0 Å². The van der Waals surface area contributed by atoms with Crippen molar-refractivity contribution >= 4 is 15.8 Å². The molecule has 6 nitrogen and oxygen atoms in total. The third-order valence-corrected chi connectivity index (χ3v) is 3.66. The lowest BCUT2D eigenvalue weighted by Crippen LogP contribution is -1.97. The molecule has 0 spiro atoms. The van der Waals surface area contributed by atoms with E-state index in [-0.39, 0.29) is 4.90 Å². The molecular weight excluding hydrogens is 304 g/mol. The monoisotopic (exact) mass is 322 g/mol. The van der Waals surface area contributed by atoms with E-state index in [4.69, 9.17) is 9.76 Å². The molecule has 118 valence electrons. The lowest BCUT2D eigenvalue weighted by Gasteiger charge is -1.98. The van der Waals surface area contributed by atoms with E-state index in [1.807, 2.05) is 26.0 Å². The molecule has 2 aromatic rings. The van der Waals surface area contributed by atoms with Crippen LogP contribution >= 0.6 is 0 Å². The highest BCUT2D eigenvalue weighted by Crippen LogP contribution is 2.08. The summed E-state index contributed by atoms with van der Waals surface area (Å²) in [6.07, 6.45) is 4.08. The Bertz CT molecular complexity index is 711. The molecule has 1 aromatic heterocycles. The quantitative estimate of drug-likeness (QED) is 0.392. The van der Waals surface area contributed by atoms with Crippen LogP contribution in [0, 0.1) is 6.92 Å². The van der Waals surface area contributed by atoms with E-state index in [0.717, 1.165) is 17.5 Å². The van der Waals surface area contributed by atoms with Crippen LogP contribution in [0.2, 0.25) is 0 Å². The number of aromatic nitrogens is 1. The Morgan fingerprint density at radius 3 is 2.09 bits per heavy atom. The molecular formula is C15H18N2O4S. The molecule has 0 saturated carbocycles. The van der Waals surface area contributed by atoms with Crippen LogP contribution < -0.4 is 0 Å². The van der Waals surface area contributed by atoms with Crippen molar-refractivity contribution in [2.75, 3.05) is 0 Å². The van der Waals surface area contributed by atoms with Gasteiger partial charge in [-0.25, -0.2) is 0 Å². The third-order valence-electron chi connectivity index (χ3n) is 2.79. The second-order valence-electron chi connectivity index (χ2n) is 4.42. The molecule has 0 unspecified atom stereocenters. The van der Waals surface area contributed by atoms with Gasteiger partial charge in [0.25, 0.3) is 10.1 Å². The fraction of sp³-hybridized carbons (Fsp3) is 0.200. The molecule has 2 N–H and O–H groups in total. The number of aryl methyl sites for hydroxylation is 1. The first-order chi connectivity index (χ1) is 10.4. The predicted molar refractivity (Wildman–Crippen MR) is 83.8 cm³/mol. The van der Waals surface area contributed by atoms with Gasteiger partial charge in [0.15, 0.2) is 0 Å². The van der Waals surface area contributed by atoms with Gasteiger partial charge in [-0.15, -0.1) is 0 Å². The summed E-state index contributed by atoms with van der Waals surface area (Å²) in [6.45, 7) is 3.78. The highest BCUT2D eigenvalue weighted by Gasteiger charge is 2.06. The van der Waals surface area contributed by atoms with Crippen LogP contribution in [0.3, 0.4) is 0 Å². The normalized spacial score (nSPS) is 11.5. The number of nitrogens with zero attached hydrogens (tertiary/aromatic N) is 2. The van der Waals surface area contributed by atoms with E-state index < -0.39 is 10.1 Å². The van der Waals surface area contributed by atoms with Crippen LogP contribution in [0.1, 0.15) is 24.5 Å². The van der Waals surface area contributed by atoms with Gasteiger partial charge in [-0.3, -0.25) is 9.54 Å². The second kappa shape index (κ2) is 8.26. The highest BCUT2D eigenvalue weighted by atomic mass is 32.2. The van der Waals surface area contributed by atoms with E-state index in [1.54, 1.807) is 24.5 Å². The first-order valence-electron chi connectivity index (χ1n) is 6.54. The smallest absolute Gasteiger partial charge is 0.294 e. The number of pyridine rings is 1. The fourth-order valence-electron chi connectivity index (χ4n) is 1.59. The number of hydrogen-bond donors (Lipinski definition) is 2. The molecule has 2 rings (SSSR count). The van der Waals surface area contributed by atoms with Crippen LogP contribution in [-0.2, 0) is 10.1 Å². The SMILES string of the molecule is CCC(=NO)c1ccncc1.Cc1ccc(S(=O)(=O)O)cc1. The molecule has 1 aromatic carbocycles. The Morgan fingerprint density at radius 1 is 1.14 bits per heavy atom. The van der Waals surface area contributed by atoms with Gasteiger partial charge in [0, 0.05) is 18.0 Å². The molecule has 1 heterocycles. The van der Waals surface area contributed by atoms with Crippen molar-refractivity contribution in [3.05, 3.63) is 59.9 Å². The van der Waals surface area contributed by atoms with Crippen molar-refractivity contribution in [1.29, 1.82) is 0 Å². The lowest BCUT2D eigenvalue weighted by atomic mass is 10.1. The number of oxime groups is 1. The fourth-order valence-corrected chi connectivity index (χ4v) is 2.07. The summed E-state index contributed by atoms with van der Waals surface area (Å²) in [5.41, 5.74) is 2.56. The molecule has 0 saturated heterocycles. The average molecular weight is 322 g/mol. The first kappa shape index (κ1) is 17.8. The molecule has 7 heteroatoms. The zero-order valence-electron chi connectivity index (χ0n) is 12.3. The maximum atomic E-state index is 10.5. The molecule has 0 radical (unpaired) electrons. The summed E-state index contributed by atoms with van der Waals surface area (Å²) in [6, 6.07) is 9.62. The first-order valence-corrected chi connectivity index (χ1v) is 7.98. The largest absolute Gasteiger partial charge is 0.411 e. The Kier molecular flexibility index (Phi) is 6.68. The van der Waals surface area contributed by atoms with Crippen LogP contribution in [0.4, 0.5) is 0 Å². The molecule has 0 aliphatic rings. The van der Waals surface area contributed by atoms with Crippen LogP contribution in [0.15, 0.2) is 58.8 Å². The zero-order valence-corrected chi connectivity index (χ0v) is 13.2. The van der Waals surface area contributed by atoms with E-state index in [1.165, 1.54) is 12.1 Å². The Morgan fingerprint density at radius 2 is 1.68 bits per heavy atom. The van der Waals surface area contributed by atoms with E-state index in [0.29, 0.717) is 5.71 Å². The maximum absolute atomic E-state index is 10.5. The molecule has 0 fully saturated rings. The minimum Gasteiger partial charge on any atom is -0.411 e.